The zero-order valence-corrected chi connectivity index (χ0v) is 23.0. The van der Waals surface area contributed by atoms with Crippen molar-refractivity contribution in [1.82, 2.24) is 15.1 Å². The van der Waals surface area contributed by atoms with Gasteiger partial charge in [-0.2, -0.15) is 0 Å². The van der Waals surface area contributed by atoms with Gasteiger partial charge in [0.25, 0.3) is 0 Å². The number of aliphatic carboxylic acids is 1. The summed E-state index contributed by atoms with van der Waals surface area (Å²) in [5.74, 6) is -1.26. The highest BCUT2D eigenvalue weighted by Gasteiger charge is 2.40. The molecule has 1 heterocycles. The Bertz CT molecular complexity index is 726. The molecule has 2 N–H and O–H groups in total. The fourth-order valence-corrected chi connectivity index (χ4v) is 4.74. The summed E-state index contributed by atoms with van der Waals surface area (Å²) in [4.78, 5) is 42.5. The molecule has 0 aromatic carbocycles. The highest BCUT2D eigenvalue weighted by Crippen LogP contribution is 2.26. The zero-order valence-electron chi connectivity index (χ0n) is 23.0. The maximum absolute atomic E-state index is 13.7. The quantitative estimate of drug-likeness (QED) is 0.427. The number of carbonyl (C=O) groups is 3. The first-order valence-corrected chi connectivity index (χ1v) is 13.0. The molecule has 2 amide bonds. The van der Waals surface area contributed by atoms with E-state index in [9.17, 15) is 19.5 Å². The van der Waals surface area contributed by atoms with Crippen molar-refractivity contribution in [3.05, 3.63) is 11.6 Å². The van der Waals surface area contributed by atoms with Crippen LogP contribution in [0.4, 0.5) is 0 Å². The summed E-state index contributed by atoms with van der Waals surface area (Å²) >= 11 is 0. The Hall–Kier alpha value is -1.89. The minimum atomic E-state index is -0.998. The van der Waals surface area contributed by atoms with Crippen LogP contribution in [-0.4, -0.2) is 70.4 Å². The fourth-order valence-electron chi connectivity index (χ4n) is 4.74. The average Bonchev–Trinajstić information content (AvgIpc) is 2.76. The lowest BCUT2D eigenvalue weighted by Crippen LogP contribution is -2.60. The number of likely N-dealkylation sites (tertiary alicyclic amines) is 1. The fraction of sp³-hybridized carbons (Fsp3) is 0.815. The Morgan fingerprint density at radius 3 is 2.29 bits per heavy atom. The highest BCUT2D eigenvalue weighted by atomic mass is 16.4. The van der Waals surface area contributed by atoms with Crippen molar-refractivity contribution in [3.63, 3.8) is 0 Å². The molecule has 1 aliphatic rings. The molecule has 0 aromatic heterocycles. The van der Waals surface area contributed by atoms with E-state index in [4.69, 9.17) is 0 Å². The van der Waals surface area contributed by atoms with E-state index in [-0.39, 0.29) is 35.4 Å². The number of likely N-dealkylation sites (N-methyl/N-ethyl adjacent to an activating group) is 1. The van der Waals surface area contributed by atoms with Crippen LogP contribution in [0.2, 0.25) is 0 Å². The molecule has 1 aliphatic heterocycles. The molecule has 0 aromatic rings. The van der Waals surface area contributed by atoms with Crippen LogP contribution in [0.25, 0.3) is 0 Å². The summed E-state index contributed by atoms with van der Waals surface area (Å²) < 4.78 is 0. The van der Waals surface area contributed by atoms with Gasteiger partial charge >= 0.3 is 5.97 Å². The van der Waals surface area contributed by atoms with Gasteiger partial charge in [-0.3, -0.25) is 14.5 Å². The van der Waals surface area contributed by atoms with Crippen molar-refractivity contribution >= 4 is 17.8 Å². The minimum Gasteiger partial charge on any atom is -0.478 e. The van der Waals surface area contributed by atoms with E-state index in [1.165, 1.54) is 6.92 Å². The van der Waals surface area contributed by atoms with Gasteiger partial charge in [0, 0.05) is 18.7 Å². The number of hydrogen-bond donors (Lipinski definition) is 2. The van der Waals surface area contributed by atoms with Crippen molar-refractivity contribution in [3.8, 4) is 0 Å². The number of rotatable bonds is 11. The third-order valence-electron chi connectivity index (χ3n) is 7.02. The summed E-state index contributed by atoms with van der Waals surface area (Å²) in [6.07, 6.45) is 7.88. The average molecular weight is 480 g/mol. The number of unbranched alkanes of at least 4 members (excludes halogenated alkanes) is 1. The maximum Gasteiger partial charge on any atom is 0.331 e. The van der Waals surface area contributed by atoms with Gasteiger partial charge in [-0.15, -0.1) is 0 Å². The van der Waals surface area contributed by atoms with E-state index in [2.05, 4.69) is 24.1 Å². The number of carboxylic acids is 1. The molecule has 0 saturated carbocycles. The molecule has 4 atom stereocenters. The molecule has 4 unspecified atom stereocenters. The normalized spacial score (nSPS) is 20.5. The third kappa shape index (κ3) is 8.40. The molecule has 1 fully saturated rings. The number of piperidine rings is 1. The lowest BCUT2D eigenvalue weighted by atomic mass is 9.84. The van der Waals surface area contributed by atoms with E-state index in [0.717, 1.165) is 45.1 Å². The predicted molar refractivity (Wildman–Crippen MR) is 138 cm³/mol. The van der Waals surface area contributed by atoms with E-state index in [1.807, 2.05) is 34.6 Å². The van der Waals surface area contributed by atoms with Gasteiger partial charge in [0.15, 0.2) is 0 Å². The van der Waals surface area contributed by atoms with Gasteiger partial charge in [0.05, 0.1) is 12.1 Å². The summed E-state index contributed by atoms with van der Waals surface area (Å²) in [5, 5.41) is 12.4. The summed E-state index contributed by atoms with van der Waals surface area (Å²) in [6.45, 7) is 16.6. The topological polar surface area (TPSA) is 90.0 Å². The van der Waals surface area contributed by atoms with Gasteiger partial charge in [-0.25, -0.2) is 4.79 Å². The monoisotopic (exact) mass is 479 g/mol. The second-order valence-electron chi connectivity index (χ2n) is 11.4. The summed E-state index contributed by atoms with van der Waals surface area (Å²) in [7, 11) is 1.70. The lowest BCUT2D eigenvalue weighted by Gasteiger charge is -2.41. The molecule has 7 nitrogen and oxygen atoms in total. The van der Waals surface area contributed by atoms with Crippen LogP contribution in [0.5, 0.6) is 0 Å². The molecule has 0 aliphatic carbocycles. The second kappa shape index (κ2) is 13.3. The Labute approximate surface area is 207 Å². The zero-order chi connectivity index (χ0) is 26.2. The van der Waals surface area contributed by atoms with E-state index >= 15 is 0 Å². The summed E-state index contributed by atoms with van der Waals surface area (Å²) in [6, 6.07) is -0.986. The van der Waals surface area contributed by atoms with Crippen LogP contribution in [0.15, 0.2) is 11.6 Å². The van der Waals surface area contributed by atoms with Crippen LogP contribution >= 0.6 is 0 Å². The number of nitrogens with one attached hydrogen (secondary N) is 1. The number of carboxylic acid groups (broad SMARTS) is 1. The van der Waals surface area contributed by atoms with Gasteiger partial charge in [-0.05, 0) is 51.0 Å². The van der Waals surface area contributed by atoms with Crippen molar-refractivity contribution < 1.29 is 19.5 Å². The molecule has 7 heteroatoms. The SMILES string of the molecule is CCCCC(C)N1CCCCC1C(=O)NC(C(=O)N(C)C(/C=C(\C)C(=O)O)C(C)C)C(C)(C)C. The van der Waals surface area contributed by atoms with Crippen molar-refractivity contribution in [1.29, 1.82) is 0 Å². The molecule has 1 saturated heterocycles. The molecule has 34 heavy (non-hydrogen) atoms. The third-order valence-corrected chi connectivity index (χ3v) is 7.02. The number of hydrogen-bond acceptors (Lipinski definition) is 4. The van der Waals surface area contributed by atoms with Gasteiger partial charge in [0.1, 0.15) is 6.04 Å². The van der Waals surface area contributed by atoms with Crippen LogP contribution in [0, 0.1) is 11.3 Å². The van der Waals surface area contributed by atoms with Gasteiger partial charge in [-0.1, -0.05) is 66.9 Å². The van der Waals surface area contributed by atoms with Gasteiger partial charge in [0.2, 0.25) is 11.8 Å². The molecule has 0 spiro atoms. The number of nitrogens with zero attached hydrogens (tertiary/aromatic N) is 2. The first kappa shape index (κ1) is 30.1. The Balaban J connectivity index is 3.14. The first-order valence-electron chi connectivity index (χ1n) is 13.0. The Morgan fingerprint density at radius 1 is 1.18 bits per heavy atom. The summed E-state index contributed by atoms with van der Waals surface area (Å²) in [5.41, 5.74) is -0.296. The predicted octanol–water partition coefficient (Wildman–Crippen LogP) is 4.46. The van der Waals surface area contributed by atoms with E-state index < -0.39 is 17.4 Å². The first-order chi connectivity index (χ1) is 15.7. The Kier molecular flexibility index (Phi) is 11.8. The minimum absolute atomic E-state index is 0.0211. The largest absolute Gasteiger partial charge is 0.478 e. The smallest absolute Gasteiger partial charge is 0.331 e. The molecule has 0 bridgehead atoms. The standard InChI is InChI=1S/C27H49N3O4/c1-10-11-14-20(5)30-16-13-12-15-21(30)24(31)28-23(27(6,7)8)25(32)29(9)22(18(2)3)17-19(4)26(33)34/h17-18,20-23H,10-16H2,1-9H3,(H,28,31)(H,33,34)/b19-17+. The van der Waals surface area contributed by atoms with Crippen molar-refractivity contribution in [2.45, 2.75) is 118 Å². The highest BCUT2D eigenvalue weighted by molar-refractivity contribution is 5.91. The number of carbonyl (C=O) groups excluding carboxylic acids is 2. The number of amides is 2. The van der Waals surface area contributed by atoms with E-state index in [1.54, 1.807) is 18.0 Å². The van der Waals surface area contributed by atoms with Crippen molar-refractivity contribution in [2.24, 2.45) is 11.3 Å². The molecule has 0 radical (unpaired) electrons. The molecule has 1 rings (SSSR count). The van der Waals surface area contributed by atoms with Gasteiger partial charge < -0.3 is 15.3 Å². The van der Waals surface area contributed by atoms with Crippen molar-refractivity contribution in [2.75, 3.05) is 13.6 Å². The molecular weight excluding hydrogens is 430 g/mol. The molecule has 196 valence electrons. The Morgan fingerprint density at radius 2 is 1.79 bits per heavy atom. The lowest BCUT2D eigenvalue weighted by molar-refractivity contribution is -0.142. The second-order valence-corrected chi connectivity index (χ2v) is 11.4. The molecular formula is C27H49N3O4. The van der Waals surface area contributed by atoms with E-state index in [0.29, 0.717) is 6.04 Å². The van der Waals surface area contributed by atoms with Crippen LogP contribution in [-0.2, 0) is 14.4 Å². The maximum atomic E-state index is 13.7. The van der Waals surface area contributed by atoms with Crippen LogP contribution < -0.4 is 5.32 Å². The van der Waals surface area contributed by atoms with Crippen LogP contribution in [0.1, 0.15) is 93.9 Å². The van der Waals surface area contributed by atoms with Crippen LogP contribution in [0.3, 0.4) is 0 Å².